The van der Waals surface area contributed by atoms with E-state index in [0.29, 0.717) is 0 Å². The molecule has 2 atom stereocenters. The minimum atomic E-state index is 0.145. The molecule has 0 aliphatic heterocycles. The molecule has 0 spiro atoms. The first-order valence-electron chi connectivity index (χ1n) is 6.03. The van der Waals surface area contributed by atoms with E-state index in [4.69, 9.17) is 17.3 Å². The summed E-state index contributed by atoms with van der Waals surface area (Å²) in [6, 6.07) is 12.3. The number of nitrogens with two attached hydrogens (primary N) is 1. The Hall–Kier alpha value is -0.0000000000000000833. The van der Waals surface area contributed by atoms with Gasteiger partial charge < -0.3 is 5.73 Å². The minimum absolute atomic E-state index is 0.145. The summed E-state index contributed by atoms with van der Waals surface area (Å²) in [7, 11) is 0. The zero-order valence-corrected chi connectivity index (χ0v) is 14.5. The maximum absolute atomic E-state index is 6.28. The van der Waals surface area contributed by atoms with Crippen molar-refractivity contribution in [1.29, 1.82) is 0 Å². The molecular formula is C14H15BrClNS2. The van der Waals surface area contributed by atoms with Gasteiger partial charge in [-0.3, -0.25) is 0 Å². The van der Waals surface area contributed by atoms with E-state index in [1.54, 1.807) is 23.1 Å². The lowest BCUT2D eigenvalue weighted by Gasteiger charge is -2.21. The Bertz CT molecular complexity index is 526. The van der Waals surface area contributed by atoms with E-state index in [-0.39, 0.29) is 11.3 Å². The van der Waals surface area contributed by atoms with Gasteiger partial charge in [-0.25, -0.2) is 0 Å². The molecule has 1 heterocycles. The van der Waals surface area contributed by atoms with E-state index in [1.807, 2.05) is 24.3 Å². The molecule has 2 unspecified atom stereocenters. The molecule has 1 nitrogen and oxygen atoms in total. The number of thiophene rings is 1. The molecule has 0 saturated heterocycles. The summed E-state index contributed by atoms with van der Waals surface area (Å²) in [5.41, 5.74) is 6.28. The number of benzene rings is 1. The van der Waals surface area contributed by atoms with Crippen LogP contribution in [-0.4, -0.2) is 6.04 Å². The highest BCUT2D eigenvalue weighted by Crippen LogP contribution is 2.42. The highest BCUT2D eigenvalue weighted by molar-refractivity contribution is 9.11. The van der Waals surface area contributed by atoms with Crippen LogP contribution in [0.2, 0.25) is 5.02 Å². The lowest BCUT2D eigenvalue weighted by atomic mass is 10.1. The van der Waals surface area contributed by atoms with Crippen LogP contribution in [0, 0.1) is 0 Å². The normalized spacial score (nSPS) is 14.3. The molecule has 0 fully saturated rings. The third kappa shape index (κ3) is 4.23. The fourth-order valence-corrected chi connectivity index (χ4v) is 4.76. The van der Waals surface area contributed by atoms with E-state index in [2.05, 4.69) is 35.0 Å². The SMILES string of the molecule is CCC(N)C(Sc1ccc(Cl)cc1)c1ccc(Br)s1. The van der Waals surface area contributed by atoms with Crippen LogP contribution in [0.5, 0.6) is 0 Å². The second-order valence-electron chi connectivity index (χ2n) is 4.21. The fourth-order valence-electron chi connectivity index (χ4n) is 1.71. The maximum Gasteiger partial charge on any atom is 0.0701 e. The van der Waals surface area contributed by atoms with E-state index in [1.165, 1.54) is 9.77 Å². The molecule has 1 aromatic carbocycles. The molecule has 0 bridgehead atoms. The van der Waals surface area contributed by atoms with Gasteiger partial charge in [0.25, 0.3) is 0 Å². The van der Waals surface area contributed by atoms with Crippen LogP contribution in [0.25, 0.3) is 0 Å². The van der Waals surface area contributed by atoms with Gasteiger partial charge in [0.05, 0.1) is 9.04 Å². The van der Waals surface area contributed by atoms with Crippen molar-refractivity contribution in [2.45, 2.75) is 29.5 Å². The fraction of sp³-hybridized carbons (Fsp3) is 0.286. The molecule has 102 valence electrons. The quantitative estimate of drug-likeness (QED) is 0.674. The Morgan fingerprint density at radius 2 is 1.95 bits per heavy atom. The summed E-state index contributed by atoms with van der Waals surface area (Å²) < 4.78 is 1.15. The predicted octanol–water partition coefficient (Wildman–Crippen LogP) is 5.73. The zero-order valence-electron chi connectivity index (χ0n) is 10.5. The molecule has 2 rings (SSSR count). The van der Waals surface area contributed by atoms with E-state index in [0.717, 1.165) is 15.2 Å². The topological polar surface area (TPSA) is 26.0 Å². The van der Waals surface area contributed by atoms with Gasteiger partial charge in [-0.1, -0.05) is 18.5 Å². The number of hydrogen-bond acceptors (Lipinski definition) is 3. The second kappa shape index (κ2) is 7.14. The molecule has 0 amide bonds. The largest absolute Gasteiger partial charge is 0.326 e. The van der Waals surface area contributed by atoms with Gasteiger partial charge in [0, 0.05) is 20.8 Å². The Morgan fingerprint density at radius 3 is 2.47 bits per heavy atom. The average Bonchev–Trinajstić information content (AvgIpc) is 2.83. The van der Waals surface area contributed by atoms with Gasteiger partial charge in [0.15, 0.2) is 0 Å². The molecule has 2 N–H and O–H groups in total. The molecular weight excluding hydrogens is 362 g/mol. The van der Waals surface area contributed by atoms with Crippen molar-refractivity contribution in [2.75, 3.05) is 0 Å². The number of hydrogen-bond donors (Lipinski definition) is 1. The summed E-state index contributed by atoms with van der Waals surface area (Å²) in [5, 5.41) is 1.04. The van der Waals surface area contributed by atoms with Crippen LogP contribution in [0.15, 0.2) is 45.1 Å². The lowest BCUT2D eigenvalue weighted by Crippen LogP contribution is -2.25. The molecule has 0 aliphatic carbocycles. The minimum Gasteiger partial charge on any atom is -0.326 e. The summed E-state index contributed by atoms with van der Waals surface area (Å²) in [5.74, 6) is 0. The van der Waals surface area contributed by atoms with Crippen molar-refractivity contribution >= 4 is 50.6 Å². The Labute approximate surface area is 135 Å². The Morgan fingerprint density at radius 1 is 1.26 bits per heavy atom. The van der Waals surface area contributed by atoms with Crippen molar-refractivity contribution < 1.29 is 0 Å². The highest BCUT2D eigenvalue weighted by Gasteiger charge is 2.21. The number of halogens is 2. The van der Waals surface area contributed by atoms with Crippen LogP contribution in [0.3, 0.4) is 0 Å². The van der Waals surface area contributed by atoms with Crippen LogP contribution >= 0.6 is 50.6 Å². The lowest BCUT2D eigenvalue weighted by molar-refractivity contribution is 0.640. The van der Waals surface area contributed by atoms with Crippen molar-refractivity contribution in [3.05, 3.63) is 50.1 Å². The van der Waals surface area contributed by atoms with Gasteiger partial charge in [-0.05, 0) is 58.7 Å². The van der Waals surface area contributed by atoms with Gasteiger partial charge in [-0.15, -0.1) is 23.1 Å². The summed E-state index contributed by atoms with van der Waals surface area (Å²) in [6.45, 7) is 2.13. The molecule has 0 radical (unpaired) electrons. The first kappa shape index (κ1) is 15.4. The van der Waals surface area contributed by atoms with Gasteiger partial charge in [-0.2, -0.15) is 0 Å². The van der Waals surface area contributed by atoms with Crippen molar-refractivity contribution in [3.63, 3.8) is 0 Å². The van der Waals surface area contributed by atoms with Gasteiger partial charge in [0.1, 0.15) is 0 Å². The van der Waals surface area contributed by atoms with E-state index in [9.17, 15) is 0 Å². The zero-order chi connectivity index (χ0) is 13.8. The van der Waals surface area contributed by atoms with Crippen LogP contribution < -0.4 is 5.73 Å². The number of rotatable bonds is 5. The summed E-state index contributed by atoms with van der Waals surface area (Å²) in [6.07, 6.45) is 0.959. The van der Waals surface area contributed by atoms with Crippen LogP contribution in [-0.2, 0) is 0 Å². The van der Waals surface area contributed by atoms with E-state index < -0.39 is 0 Å². The molecule has 0 aliphatic rings. The summed E-state index contributed by atoms with van der Waals surface area (Å²) >= 11 is 13.0. The summed E-state index contributed by atoms with van der Waals surface area (Å²) in [4.78, 5) is 2.50. The maximum atomic E-state index is 6.28. The first-order chi connectivity index (χ1) is 9.10. The number of thioether (sulfide) groups is 1. The average molecular weight is 377 g/mol. The predicted molar refractivity (Wildman–Crippen MR) is 90.3 cm³/mol. The third-order valence-corrected chi connectivity index (χ3v) is 6.32. The molecule has 5 heteroatoms. The van der Waals surface area contributed by atoms with Gasteiger partial charge in [0.2, 0.25) is 0 Å². The Kier molecular flexibility index (Phi) is 5.78. The highest BCUT2D eigenvalue weighted by atomic mass is 79.9. The standard InChI is InChI=1S/C14H15BrClNS2/c1-2-11(17)14(12-7-8-13(15)19-12)18-10-5-3-9(16)4-6-10/h3-8,11,14H,2,17H2,1H3. The molecule has 2 aromatic rings. The monoisotopic (exact) mass is 375 g/mol. The van der Waals surface area contributed by atoms with Crippen molar-refractivity contribution in [3.8, 4) is 0 Å². The van der Waals surface area contributed by atoms with Crippen LogP contribution in [0.1, 0.15) is 23.5 Å². The second-order valence-corrected chi connectivity index (χ2v) is 8.35. The van der Waals surface area contributed by atoms with Gasteiger partial charge >= 0.3 is 0 Å². The third-order valence-electron chi connectivity index (χ3n) is 2.81. The van der Waals surface area contributed by atoms with E-state index >= 15 is 0 Å². The first-order valence-corrected chi connectivity index (χ1v) is 8.90. The smallest absolute Gasteiger partial charge is 0.0701 e. The molecule has 0 saturated carbocycles. The van der Waals surface area contributed by atoms with Crippen molar-refractivity contribution in [2.24, 2.45) is 5.73 Å². The van der Waals surface area contributed by atoms with Crippen molar-refractivity contribution in [1.82, 2.24) is 0 Å². The Balaban J connectivity index is 2.21. The molecule has 19 heavy (non-hydrogen) atoms. The molecule has 1 aromatic heterocycles. The van der Waals surface area contributed by atoms with Crippen LogP contribution in [0.4, 0.5) is 0 Å².